The number of hydrogen-bond acceptors (Lipinski definition) is 6. The lowest BCUT2D eigenvalue weighted by Crippen LogP contribution is -2.11. The van der Waals surface area contributed by atoms with Crippen LogP contribution in [0.15, 0.2) is 17.3 Å². The van der Waals surface area contributed by atoms with Crippen molar-refractivity contribution in [2.45, 2.75) is 6.92 Å². The monoisotopic (exact) mass is 222 g/mol. The minimum absolute atomic E-state index is 0.0412. The molecule has 0 saturated carbocycles. The maximum Gasteiger partial charge on any atom is 0.312 e. The number of aryl methyl sites for hydroxylation is 1. The van der Waals surface area contributed by atoms with Gasteiger partial charge in [-0.05, 0) is 23.7 Å². The molecule has 0 saturated heterocycles. The van der Waals surface area contributed by atoms with Gasteiger partial charge in [-0.1, -0.05) is 0 Å². The summed E-state index contributed by atoms with van der Waals surface area (Å²) >= 11 is 0. The molecule has 1 aliphatic rings. The van der Waals surface area contributed by atoms with Crippen LogP contribution in [0, 0.1) is 17.0 Å². The van der Waals surface area contributed by atoms with E-state index in [1.54, 1.807) is 6.92 Å². The van der Waals surface area contributed by atoms with Crippen LogP contribution in [0.2, 0.25) is 0 Å². The summed E-state index contributed by atoms with van der Waals surface area (Å²) in [7, 11) is 0. The van der Waals surface area contributed by atoms with Crippen molar-refractivity contribution >= 4 is 17.4 Å². The SMILES string of the molecule is Cc1cc2c(c([N+](=O)[O-])c1)OC(=NO)C2=O. The van der Waals surface area contributed by atoms with E-state index in [0.29, 0.717) is 5.56 Å². The van der Waals surface area contributed by atoms with Crippen LogP contribution in [0.3, 0.4) is 0 Å². The van der Waals surface area contributed by atoms with Crippen molar-refractivity contribution in [3.8, 4) is 5.75 Å². The second-order valence-corrected chi connectivity index (χ2v) is 3.25. The third-order valence-corrected chi connectivity index (χ3v) is 2.14. The number of ether oxygens (including phenoxy) is 1. The first kappa shape index (κ1) is 10.1. The van der Waals surface area contributed by atoms with Gasteiger partial charge in [0.1, 0.15) is 0 Å². The van der Waals surface area contributed by atoms with Gasteiger partial charge in [-0.25, -0.2) is 0 Å². The minimum Gasteiger partial charge on any atom is -0.426 e. The maximum atomic E-state index is 11.5. The van der Waals surface area contributed by atoms with Gasteiger partial charge in [0.05, 0.1) is 10.5 Å². The zero-order valence-electron chi connectivity index (χ0n) is 8.13. The van der Waals surface area contributed by atoms with Gasteiger partial charge >= 0.3 is 11.6 Å². The van der Waals surface area contributed by atoms with Crippen molar-refractivity contribution in [3.63, 3.8) is 0 Å². The first-order chi connectivity index (χ1) is 7.54. The van der Waals surface area contributed by atoms with E-state index in [4.69, 9.17) is 9.94 Å². The summed E-state index contributed by atoms with van der Waals surface area (Å²) < 4.78 is 4.82. The highest BCUT2D eigenvalue weighted by Gasteiger charge is 2.36. The maximum absolute atomic E-state index is 11.5. The number of oxime groups is 1. The Hall–Kier alpha value is -2.44. The van der Waals surface area contributed by atoms with E-state index in [1.807, 2.05) is 0 Å². The van der Waals surface area contributed by atoms with Crippen LogP contribution in [0.25, 0.3) is 0 Å². The molecule has 7 nitrogen and oxygen atoms in total. The number of hydrogen-bond donors (Lipinski definition) is 1. The Morgan fingerprint density at radius 2 is 2.19 bits per heavy atom. The predicted octanol–water partition coefficient (Wildman–Crippen LogP) is 1.27. The molecule has 7 heteroatoms. The van der Waals surface area contributed by atoms with Crippen LogP contribution >= 0.6 is 0 Å². The summed E-state index contributed by atoms with van der Waals surface area (Å²) in [5.41, 5.74) is 0.281. The van der Waals surface area contributed by atoms with Crippen molar-refractivity contribution in [2.75, 3.05) is 0 Å². The second-order valence-electron chi connectivity index (χ2n) is 3.25. The average Bonchev–Trinajstić information content (AvgIpc) is 2.55. The molecule has 1 aromatic rings. The average molecular weight is 222 g/mol. The van der Waals surface area contributed by atoms with Gasteiger partial charge < -0.3 is 9.94 Å². The molecule has 0 spiro atoms. The number of Topliss-reactive ketones (excluding diaryl/α,β-unsaturated/α-hetero) is 1. The minimum atomic E-state index is -0.663. The van der Waals surface area contributed by atoms with Gasteiger partial charge in [0.15, 0.2) is 0 Å². The Labute approximate surface area is 89.1 Å². The molecule has 0 bridgehead atoms. The largest absolute Gasteiger partial charge is 0.426 e. The Kier molecular flexibility index (Phi) is 2.08. The van der Waals surface area contributed by atoms with Crippen LogP contribution in [0.1, 0.15) is 15.9 Å². The van der Waals surface area contributed by atoms with Gasteiger partial charge in [0, 0.05) is 6.07 Å². The van der Waals surface area contributed by atoms with Crippen molar-refractivity contribution in [2.24, 2.45) is 5.16 Å². The number of fused-ring (bicyclic) bond motifs is 1. The van der Waals surface area contributed by atoms with E-state index in [-0.39, 0.29) is 17.0 Å². The molecule has 1 N–H and O–H groups in total. The van der Waals surface area contributed by atoms with E-state index in [0.717, 1.165) is 0 Å². The molecule has 0 fully saturated rings. The second kappa shape index (κ2) is 3.30. The van der Waals surface area contributed by atoms with Crippen LogP contribution in [-0.4, -0.2) is 21.8 Å². The number of nitro groups is 1. The predicted molar refractivity (Wildman–Crippen MR) is 52.0 cm³/mol. The molecule has 0 radical (unpaired) electrons. The number of benzene rings is 1. The molecule has 1 aromatic carbocycles. The molecule has 0 unspecified atom stereocenters. The van der Waals surface area contributed by atoms with Gasteiger partial charge in [0.25, 0.3) is 5.78 Å². The third-order valence-electron chi connectivity index (χ3n) is 2.14. The molecule has 0 aliphatic carbocycles. The number of ketones is 1. The first-order valence-electron chi connectivity index (χ1n) is 4.28. The molecular weight excluding hydrogens is 216 g/mol. The van der Waals surface area contributed by atoms with Gasteiger partial charge in [0.2, 0.25) is 5.75 Å². The fourth-order valence-corrected chi connectivity index (χ4v) is 1.49. The van der Waals surface area contributed by atoms with Gasteiger partial charge in [-0.3, -0.25) is 14.9 Å². The molecule has 0 atom stereocenters. The quantitative estimate of drug-likeness (QED) is 0.437. The number of carbonyl (C=O) groups excluding carboxylic acids is 1. The molecule has 1 aliphatic heterocycles. The molecule has 16 heavy (non-hydrogen) atoms. The number of carbonyl (C=O) groups is 1. The summed E-state index contributed by atoms with van der Waals surface area (Å²) in [4.78, 5) is 21.6. The summed E-state index contributed by atoms with van der Waals surface area (Å²) in [6.07, 6.45) is 0. The van der Waals surface area contributed by atoms with E-state index in [1.165, 1.54) is 12.1 Å². The van der Waals surface area contributed by atoms with Crippen molar-refractivity contribution in [1.82, 2.24) is 0 Å². The van der Waals surface area contributed by atoms with Crippen LogP contribution in [-0.2, 0) is 0 Å². The normalized spacial score (nSPS) is 16.1. The van der Waals surface area contributed by atoms with E-state index < -0.39 is 16.6 Å². The topological polar surface area (TPSA) is 102 Å². The zero-order chi connectivity index (χ0) is 11.9. The highest BCUT2D eigenvalue weighted by molar-refractivity contribution is 6.46. The number of rotatable bonds is 1. The Balaban J connectivity index is 2.70. The molecule has 2 rings (SSSR count). The van der Waals surface area contributed by atoms with Crippen molar-refractivity contribution in [3.05, 3.63) is 33.4 Å². The van der Waals surface area contributed by atoms with Gasteiger partial charge in [-0.15, -0.1) is 0 Å². The van der Waals surface area contributed by atoms with Gasteiger partial charge in [-0.2, -0.15) is 0 Å². The van der Waals surface area contributed by atoms with Crippen molar-refractivity contribution < 1.29 is 19.7 Å². The van der Waals surface area contributed by atoms with E-state index in [2.05, 4.69) is 5.16 Å². The summed E-state index contributed by atoms with van der Waals surface area (Å²) in [6, 6.07) is 2.73. The lowest BCUT2D eigenvalue weighted by molar-refractivity contribution is -0.385. The lowest BCUT2D eigenvalue weighted by Gasteiger charge is -1.99. The van der Waals surface area contributed by atoms with Crippen LogP contribution in [0.5, 0.6) is 5.75 Å². The Bertz CT molecular complexity index is 535. The highest BCUT2D eigenvalue weighted by atomic mass is 16.6. The molecule has 0 aromatic heterocycles. The number of nitrogens with zero attached hydrogens (tertiary/aromatic N) is 2. The summed E-state index contributed by atoms with van der Waals surface area (Å²) in [6.45, 7) is 1.62. The zero-order valence-corrected chi connectivity index (χ0v) is 8.13. The van der Waals surface area contributed by atoms with E-state index >= 15 is 0 Å². The van der Waals surface area contributed by atoms with Crippen molar-refractivity contribution in [1.29, 1.82) is 0 Å². The molecule has 82 valence electrons. The lowest BCUT2D eigenvalue weighted by atomic mass is 10.1. The third kappa shape index (κ3) is 1.29. The summed E-state index contributed by atoms with van der Waals surface area (Å²) in [5, 5.41) is 21.8. The molecule has 1 heterocycles. The van der Waals surface area contributed by atoms with Crippen LogP contribution < -0.4 is 4.74 Å². The fourth-order valence-electron chi connectivity index (χ4n) is 1.49. The first-order valence-corrected chi connectivity index (χ1v) is 4.28. The highest BCUT2D eigenvalue weighted by Crippen LogP contribution is 2.37. The smallest absolute Gasteiger partial charge is 0.312 e. The number of nitro benzene ring substituents is 1. The summed E-state index contributed by atoms with van der Waals surface area (Å²) in [5.74, 6) is -1.39. The standard InChI is InChI=1S/C9H6N2O5/c1-4-2-5-7(12)9(10-13)16-8(5)6(3-4)11(14)15/h2-3,13H,1H3. The molecular formula is C9H6N2O5. The fraction of sp³-hybridized carbons (Fsp3) is 0.111. The van der Waals surface area contributed by atoms with E-state index in [9.17, 15) is 14.9 Å². The molecule has 0 amide bonds. The Morgan fingerprint density at radius 1 is 1.50 bits per heavy atom. The Morgan fingerprint density at radius 3 is 2.75 bits per heavy atom. The van der Waals surface area contributed by atoms with Crippen LogP contribution in [0.4, 0.5) is 5.69 Å².